The molecule has 110 valence electrons. The van der Waals surface area contributed by atoms with Crippen LogP contribution in [-0.4, -0.2) is 43.4 Å². The third kappa shape index (κ3) is 4.39. The predicted molar refractivity (Wildman–Crippen MR) is 78.5 cm³/mol. The summed E-state index contributed by atoms with van der Waals surface area (Å²) < 4.78 is 12.8. The minimum Gasteiger partial charge on any atom is -0.317 e. The minimum absolute atomic E-state index is 0.101. The van der Waals surface area contributed by atoms with Gasteiger partial charge in [-0.3, -0.25) is 4.79 Å². The maximum Gasteiger partial charge on any atom is 0.162 e. The van der Waals surface area contributed by atoms with Gasteiger partial charge in [-0.05, 0) is 70.2 Å². The number of hydrogen-bond acceptors (Lipinski definition) is 3. The Labute approximate surface area is 120 Å². The number of nitrogens with one attached hydrogen (secondary N) is 1. The van der Waals surface area contributed by atoms with E-state index < -0.39 is 0 Å². The highest BCUT2D eigenvalue weighted by Crippen LogP contribution is 2.12. The number of rotatable bonds is 6. The van der Waals surface area contributed by atoms with Crippen molar-refractivity contribution >= 4 is 5.78 Å². The zero-order valence-corrected chi connectivity index (χ0v) is 12.1. The van der Waals surface area contributed by atoms with Gasteiger partial charge in [0.05, 0.1) is 0 Å². The molecule has 0 unspecified atom stereocenters. The summed E-state index contributed by atoms with van der Waals surface area (Å²) in [5, 5.41) is 3.36. The Morgan fingerprint density at radius 2 is 1.95 bits per heavy atom. The van der Waals surface area contributed by atoms with Crippen LogP contribution >= 0.6 is 0 Å². The van der Waals surface area contributed by atoms with Crippen molar-refractivity contribution < 1.29 is 9.18 Å². The Bertz CT molecular complexity index is 427. The van der Waals surface area contributed by atoms with Crippen LogP contribution in [0.15, 0.2) is 24.3 Å². The van der Waals surface area contributed by atoms with Crippen molar-refractivity contribution in [2.24, 2.45) is 0 Å². The van der Waals surface area contributed by atoms with E-state index in [1.165, 1.54) is 25.0 Å². The van der Waals surface area contributed by atoms with Gasteiger partial charge in [0, 0.05) is 18.0 Å². The van der Waals surface area contributed by atoms with E-state index in [1.54, 1.807) is 12.1 Å². The molecule has 1 saturated heterocycles. The average Bonchev–Trinajstić information content (AvgIpc) is 2.48. The molecule has 0 atom stereocenters. The minimum atomic E-state index is -0.299. The molecular formula is C16H23FN2O. The molecule has 1 aromatic carbocycles. The number of Topliss-reactive ketones (excluding diaryl/α,β-unsaturated/α-hetero) is 1. The van der Waals surface area contributed by atoms with Crippen molar-refractivity contribution in [1.82, 2.24) is 10.2 Å². The van der Waals surface area contributed by atoms with Crippen LogP contribution in [0.3, 0.4) is 0 Å². The first-order valence-corrected chi connectivity index (χ1v) is 7.36. The molecular weight excluding hydrogens is 255 g/mol. The fourth-order valence-electron chi connectivity index (χ4n) is 2.70. The van der Waals surface area contributed by atoms with E-state index in [2.05, 4.69) is 17.3 Å². The van der Waals surface area contributed by atoms with Crippen LogP contribution in [0.1, 0.15) is 36.0 Å². The summed E-state index contributed by atoms with van der Waals surface area (Å²) in [5.74, 6) is -0.198. The smallest absolute Gasteiger partial charge is 0.162 e. The van der Waals surface area contributed by atoms with Gasteiger partial charge < -0.3 is 10.2 Å². The van der Waals surface area contributed by atoms with Crippen molar-refractivity contribution in [1.29, 1.82) is 0 Å². The van der Waals surface area contributed by atoms with Crippen LogP contribution in [0, 0.1) is 5.82 Å². The second-order valence-electron chi connectivity index (χ2n) is 5.50. The first kappa shape index (κ1) is 15.1. The van der Waals surface area contributed by atoms with Gasteiger partial charge in [-0.2, -0.15) is 0 Å². The highest BCUT2D eigenvalue weighted by Gasteiger charge is 2.17. The molecule has 0 radical (unpaired) electrons. The average molecular weight is 278 g/mol. The Morgan fingerprint density at radius 1 is 1.30 bits per heavy atom. The van der Waals surface area contributed by atoms with E-state index >= 15 is 0 Å². The summed E-state index contributed by atoms with van der Waals surface area (Å²) in [4.78, 5) is 14.3. The summed E-state index contributed by atoms with van der Waals surface area (Å²) in [5.41, 5.74) is 0.607. The molecule has 1 heterocycles. The van der Waals surface area contributed by atoms with Crippen molar-refractivity contribution in [2.45, 2.75) is 31.7 Å². The van der Waals surface area contributed by atoms with Crippen LogP contribution < -0.4 is 5.32 Å². The first-order valence-electron chi connectivity index (χ1n) is 7.36. The molecule has 20 heavy (non-hydrogen) atoms. The molecule has 1 aliphatic heterocycles. The molecule has 0 bridgehead atoms. The third-order valence-electron chi connectivity index (χ3n) is 4.01. The van der Waals surface area contributed by atoms with Crippen molar-refractivity contribution in [3.8, 4) is 0 Å². The van der Waals surface area contributed by atoms with Gasteiger partial charge in [-0.25, -0.2) is 4.39 Å². The van der Waals surface area contributed by atoms with Crippen molar-refractivity contribution in [3.63, 3.8) is 0 Å². The number of carbonyl (C=O) groups excluding carboxylic acids is 1. The highest BCUT2D eigenvalue weighted by atomic mass is 19.1. The standard InChI is InChI=1S/C16H23FN2O/c1-19(15-8-10-18-11-9-15)12-2-3-16(20)13-4-6-14(17)7-5-13/h4-7,15,18H,2-3,8-12H2,1H3. The summed E-state index contributed by atoms with van der Waals surface area (Å²) >= 11 is 0. The number of carbonyl (C=O) groups is 1. The molecule has 2 rings (SSSR count). The van der Waals surface area contributed by atoms with Gasteiger partial charge >= 0.3 is 0 Å². The number of ketones is 1. The number of piperidine rings is 1. The van der Waals surface area contributed by atoms with Crippen LogP contribution in [0.25, 0.3) is 0 Å². The molecule has 1 fully saturated rings. The van der Waals surface area contributed by atoms with Crippen LogP contribution in [0.5, 0.6) is 0 Å². The summed E-state index contributed by atoms with van der Waals surface area (Å²) in [6, 6.07) is 6.45. The number of benzene rings is 1. The topological polar surface area (TPSA) is 32.3 Å². The molecule has 0 amide bonds. The van der Waals surface area contributed by atoms with Crippen LogP contribution in [-0.2, 0) is 0 Å². The Hall–Kier alpha value is -1.26. The number of halogens is 1. The summed E-state index contributed by atoms with van der Waals surface area (Å²) in [6.45, 7) is 3.12. The van der Waals surface area contributed by atoms with Gasteiger partial charge in [0.1, 0.15) is 5.82 Å². The fourth-order valence-corrected chi connectivity index (χ4v) is 2.70. The van der Waals surface area contributed by atoms with Gasteiger partial charge in [-0.15, -0.1) is 0 Å². The van der Waals surface area contributed by atoms with E-state index in [-0.39, 0.29) is 11.6 Å². The van der Waals surface area contributed by atoms with Gasteiger partial charge in [0.2, 0.25) is 0 Å². The van der Waals surface area contributed by atoms with Gasteiger partial charge in [0.15, 0.2) is 5.78 Å². The predicted octanol–water partition coefficient (Wildman–Crippen LogP) is 2.47. The van der Waals surface area contributed by atoms with E-state index in [0.717, 1.165) is 26.1 Å². The number of hydrogen-bond donors (Lipinski definition) is 1. The van der Waals surface area contributed by atoms with Crippen molar-refractivity contribution in [3.05, 3.63) is 35.6 Å². The zero-order chi connectivity index (χ0) is 14.4. The molecule has 0 aromatic heterocycles. The lowest BCUT2D eigenvalue weighted by Gasteiger charge is -2.31. The van der Waals surface area contributed by atoms with Crippen LogP contribution in [0.2, 0.25) is 0 Å². The molecule has 1 N–H and O–H groups in total. The highest BCUT2D eigenvalue weighted by molar-refractivity contribution is 5.95. The molecule has 0 aliphatic carbocycles. The molecule has 0 saturated carbocycles. The molecule has 4 heteroatoms. The lowest BCUT2D eigenvalue weighted by Crippen LogP contribution is -2.41. The van der Waals surface area contributed by atoms with Gasteiger partial charge in [-0.1, -0.05) is 0 Å². The molecule has 1 aliphatic rings. The van der Waals surface area contributed by atoms with E-state index in [9.17, 15) is 9.18 Å². The summed E-state index contributed by atoms with van der Waals surface area (Å²) in [6.07, 6.45) is 3.75. The lowest BCUT2D eigenvalue weighted by molar-refractivity contribution is 0.0971. The van der Waals surface area contributed by atoms with Gasteiger partial charge in [0.25, 0.3) is 0 Å². The third-order valence-corrected chi connectivity index (χ3v) is 4.01. The Kier molecular flexibility index (Phi) is 5.68. The first-order chi connectivity index (χ1) is 9.66. The van der Waals surface area contributed by atoms with Crippen LogP contribution in [0.4, 0.5) is 4.39 Å². The number of nitrogens with zero attached hydrogens (tertiary/aromatic N) is 1. The Morgan fingerprint density at radius 3 is 2.60 bits per heavy atom. The Balaban J connectivity index is 1.72. The quantitative estimate of drug-likeness (QED) is 0.811. The monoisotopic (exact) mass is 278 g/mol. The van der Waals surface area contributed by atoms with Crippen molar-refractivity contribution in [2.75, 3.05) is 26.7 Å². The van der Waals surface area contributed by atoms with E-state index in [0.29, 0.717) is 18.0 Å². The zero-order valence-electron chi connectivity index (χ0n) is 12.1. The SMILES string of the molecule is CN(CCCC(=O)c1ccc(F)cc1)C1CCNCC1. The molecule has 1 aromatic rings. The lowest BCUT2D eigenvalue weighted by atomic mass is 10.0. The molecule has 0 spiro atoms. The second-order valence-corrected chi connectivity index (χ2v) is 5.50. The van der Waals surface area contributed by atoms with E-state index in [4.69, 9.17) is 0 Å². The second kappa shape index (κ2) is 7.50. The maximum atomic E-state index is 12.8. The largest absolute Gasteiger partial charge is 0.317 e. The van der Waals surface area contributed by atoms with E-state index in [1.807, 2.05) is 0 Å². The summed E-state index contributed by atoms with van der Waals surface area (Å²) in [7, 11) is 2.14. The maximum absolute atomic E-state index is 12.8. The fraction of sp³-hybridized carbons (Fsp3) is 0.562. The molecule has 3 nitrogen and oxygen atoms in total. The normalized spacial score (nSPS) is 16.6.